The maximum absolute atomic E-state index is 13.2. The first-order valence-electron chi connectivity index (χ1n) is 12.9. The number of fused-ring (bicyclic) bond motifs is 1. The molecule has 1 aliphatic rings. The number of nitrogens with zero attached hydrogens (tertiary/aromatic N) is 2. The Morgan fingerprint density at radius 1 is 1.11 bits per heavy atom. The number of aliphatic hydroxyl groups is 1. The highest BCUT2D eigenvalue weighted by atomic mass is 32.2. The minimum absolute atomic E-state index is 0.171. The number of aliphatic hydroxyl groups excluding tert-OH is 1. The van der Waals surface area contributed by atoms with E-state index in [9.17, 15) is 18.3 Å². The first-order chi connectivity index (χ1) is 17.9. The van der Waals surface area contributed by atoms with Gasteiger partial charge in [0.05, 0.1) is 18.2 Å². The fourth-order valence-electron chi connectivity index (χ4n) is 5.32. The van der Waals surface area contributed by atoms with Crippen LogP contribution in [0.5, 0.6) is 5.75 Å². The number of thioether (sulfide) groups is 1. The van der Waals surface area contributed by atoms with E-state index in [1.807, 2.05) is 24.4 Å². The van der Waals surface area contributed by atoms with E-state index in [-0.39, 0.29) is 12.5 Å². The van der Waals surface area contributed by atoms with Gasteiger partial charge in [0.1, 0.15) is 5.75 Å². The standard InChI is InChI=1S/C29H35F3N2O2S/c1-36-24-10-11-27-25(18-24)22(12-14-33-27)7-4-6-21-13-16-34(19-23(21)20-35)15-5-17-37-28-9-3-2-8-26(28)29(30,31)32/h2-3,8-12,14,18,21,23,35H,4-7,13,15-17,19-20H2,1H3/t21-,23-/m1/s1. The van der Waals surface area contributed by atoms with Crippen molar-refractivity contribution in [3.05, 3.63) is 65.9 Å². The van der Waals surface area contributed by atoms with Crippen molar-refractivity contribution in [2.75, 3.05) is 39.1 Å². The molecule has 2 heterocycles. The molecule has 37 heavy (non-hydrogen) atoms. The van der Waals surface area contributed by atoms with Gasteiger partial charge in [-0.25, -0.2) is 0 Å². The third kappa shape index (κ3) is 7.39. The molecule has 0 aliphatic carbocycles. The Bertz CT molecular complexity index is 1160. The second kappa shape index (κ2) is 13.0. The van der Waals surface area contributed by atoms with E-state index in [4.69, 9.17) is 4.74 Å². The monoisotopic (exact) mass is 532 g/mol. The first-order valence-corrected chi connectivity index (χ1v) is 13.9. The van der Waals surface area contributed by atoms with Crippen LogP contribution in [0.3, 0.4) is 0 Å². The van der Waals surface area contributed by atoms with Gasteiger partial charge in [0.15, 0.2) is 0 Å². The van der Waals surface area contributed by atoms with Crippen molar-refractivity contribution < 1.29 is 23.0 Å². The topological polar surface area (TPSA) is 45.6 Å². The number of aryl methyl sites for hydroxylation is 1. The Kier molecular flexibility index (Phi) is 9.73. The quantitative estimate of drug-likeness (QED) is 0.220. The van der Waals surface area contributed by atoms with Crippen LogP contribution in [0.15, 0.2) is 59.6 Å². The lowest BCUT2D eigenvalue weighted by molar-refractivity contribution is -0.139. The second-order valence-corrected chi connectivity index (χ2v) is 10.9. The zero-order chi connectivity index (χ0) is 26.3. The predicted molar refractivity (Wildman–Crippen MR) is 143 cm³/mol. The molecule has 0 radical (unpaired) electrons. The van der Waals surface area contributed by atoms with E-state index in [1.165, 1.54) is 23.4 Å². The SMILES string of the molecule is COc1ccc2nccc(CCC[C@@H]3CCN(CCCSc4ccccc4C(F)(F)F)C[C@@H]3CO)c2c1. The average molecular weight is 533 g/mol. The molecule has 0 unspecified atom stereocenters. The second-order valence-electron chi connectivity index (χ2n) is 9.73. The Labute approximate surface area is 221 Å². The number of methoxy groups -OCH3 is 1. The molecule has 0 amide bonds. The van der Waals surface area contributed by atoms with Gasteiger partial charge in [-0.2, -0.15) is 13.2 Å². The van der Waals surface area contributed by atoms with Gasteiger partial charge in [-0.05, 0) is 105 Å². The van der Waals surface area contributed by atoms with Gasteiger partial charge in [-0.3, -0.25) is 4.98 Å². The number of halogens is 3. The van der Waals surface area contributed by atoms with Crippen molar-refractivity contribution in [1.82, 2.24) is 9.88 Å². The van der Waals surface area contributed by atoms with Crippen LogP contribution < -0.4 is 4.74 Å². The largest absolute Gasteiger partial charge is 0.497 e. The summed E-state index contributed by atoms with van der Waals surface area (Å²) in [7, 11) is 1.67. The highest BCUT2D eigenvalue weighted by Crippen LogP contribution is 2.37. The van der Waals surface area contributed by atoms with Crippen LogP contribution >= 0.6 is 11.8 Å². The first kappa shape index (κ1) is 27.7. The van der Waals surface area contributed by atoms with Crippen molar-refractivity contribution in [2.24, 2.45) is 11.8 Å². The Morgan fingerprint density at radius 3 is 2.73 bits per heavy atom. The van der Waals surface area contributed by atoms with Gasteiger partial charge in [0.2, 0.25) is 0 Å². The molecule has 0 spiro atoms. The normalized spacial score (nSPS) is 18.8. The number of likely N-dealkylation sites (tertiary alicyclic amines) is 1. The lowest BCUT2D eigenvalue weighted by Gasteiger charge is -2.38. The number of piperidine rings is 1. The summed E-state index contributed by atoms with van der Waals surface area (Å²) in [5.41, 5.74) is 1.69. The van der Waals surface area contributed by atoms with Crippen molar-refractivity contribution in [3.8, 4) is 5.75 Å². The molecule has 1 saturated heterocycles. The number of benzene rings is 2. The van der Waals surface area contributed by atoms with Gasteiger partial charge in [0, 0.05) is 29.6 Å². The molecule has 1 fully saturated rings. The number of ether oxygens (including phenoxy) is 1. The average Bonchev–Trinajstić information content (AvgIpc) is 2.91. The Hall–Kier alpha value is -2.29. The summed E-state index contributed by atoms with van der Waals surface area (Å²) >= 11 is 1.27. The lowest BCUT2D eigenvalue weighted by atomic mass is 9.82. The molecule has 8 heteroatoms. The highest BCUT2D eigenvalue weighted by molar-refractivity contribution is 7.99. The molecule has 4 nitrogen and oxygen atoms in total. The van der Waals surface area contributed by atoms with E-state index in [1.54, 1.807) is 19.2 Å². The van der Waals surface area contributed by atoms with Crippen molar-refractivity contribution in [2.45, 2.75) is 43.2 Å². The van der Waals surface area contributed by atoms with Crippen LogP contribution in [0.4, 0.5) is 13.2 Å². The van der Waals surface area contributed by atoms with E-state index < -0.39 is 11.7 Å². The van der Waals surface area contributed by atoms with Gasteiger partial charge >= 0.3 is 6.18 Å². The van der Waals surface area contributed by atoms with E-state index in [2.05, 4.69) is 16.0 Å². The number of hydrogen-bond donors (Lipinski definition) is 1. The summed E-state index contributed by atoms with van der Waals surface area (Å²) < 4.78 is 45.0. The smallest absolute Gasteiger partial charge is 0.417 e. The Balaban J connectivity index is 1.23. The summed E-state index contributed by atoms with van der Waals surface area (Å²) in [6.07, 6.45) is 2.47. The van der Waals surface area contributed by atoms with E-state index in [0.29, 0.717) is 16.6 Å². The molecule has 2 aromatic carbocycles. The highest BCUT2D eigenvalue weighted by Gasteiger charge is 2.33. The molecule has 1 N–H and O–H groups in total. The minimum Gasteiger partial charge on any atom is -0.497 e. The molecule has 4 rings (SSSR count). The molecule has 2 atom stereocenters. The summed E-state index contributed by atoms with van der Waals surface area (Å²) in [6.45, 7) is 2.83. The molecule has 3 aromatic rings. The van der Waals surface area contributed by atoms with E-state index >= 15 is 0 Å². The third-order valence-electron chi connectivity index (χ3n) is 7.34. The van der Waals surface area contributed by atoms with Gasteiger partial charge in [0.25, 0.3) is 0 Å². The minimum atomic E-state index is -4.32. The van der Waals surface area contributed by atoms with Gasteiger partial charge in [-0.15, -0.1) is 11.8 Å². The molecule has 200 valence electrons. The molecule has 1 aliphatic heterocycles. The van der Waals surface area contributed by atoms with Crippen LogP contribution in [0.25, 0.3) is 10.9 Å². The molecule has 0 bridgehead atoms. The Morgan fingerprint density at radius 2 is 1.95 bits per heavy atom. The van der Waals surface area contributed by atoms with E-state index in [0.717, 1.165) is 74.5 Å². The fourth-order valence-corrected chi connectivity index (χ4v) is 6.33. The fraction of sp³-hybridized carbons (Fsp3) is 0.483. The number of alkyl halides is 3. The summed E-state index contributed by atoms with van der Waals surface area (Å²) in [5, 5.41) is 11.2. The number of aromatic nitrogens is 1. The van der Waals surface area contributed by atoms with Gasteiger partial charge in [-0.1, -0.05) is 12.1 Å². The maximum atomic E-state index is 13.2. The molecular weight excluding hydrogens is 497 g/mol. The molecule has 1 aromatic heterocycles. The van der Waals surface area contributed by atoms with Gasteiger partial charge < -0.3 is 14.7 Å². The zero-order valence-electron chi connectivity index (χ0n) is 21.2. The van der Waals surface area contributed by atoms with Crippen molar-refractivity contribution in [1.29, 1.82) is 0 Å². The molecular formula is C29H35F3N2O2S. The predicted octanol–water partition coefficient (Wildman–Crippen LogP) is 6.70. The third-order valence-corrected chi connectivity index (χ3v) is 8.50. The van der Waals surface area contributed by atoms with Crippen molar-refractivity contribution in [3.63, 3.8) is 0 Å². The molecule has 0 saturated carbocycles. The zero-order valence-corrected chi connectivity index (χ0v) is 22.0. The number of hydrogen-bond acceptors (Lipinski definition) is 5. The van der Waals surface area contributed by atoms with Crippen molar-refractivity contribution >= 4 is 22.7 Å². The maximum Gasteiger partial charge on any atom is 0.417 e. The summed E-state index contributed by atoms with van der Waals surface area (Å²) in [5.74, 6) is 2.19. The van der Waals surface area contributed by atoms with Crippen LogP contribution in [-0.4, -0.2) is 54.1 Å². The summed E-state index contributed by atoms with van der Waals surface area (Å²) in [6, 6.07) is 13.8. The van der Waals surface area contributed by atoms with Crippen LogP contribution in [0, 0.1) is 11.8 Å². The van der Waals surface area contributed by atoms with Crippen LogP contribution in [-0.2, 0) is 12.6 Å². The summed E-state index contributed by atoms with van der Waals surface area (Å²) in [4.78, 5) is 7.12. The number of pyridine rings is 1. The van der Waals surface area contributed by atoms with Crippen LogP contribution in [0.2, 0.25) is 0 Å². The lowest BCUT2D eigenvalue weighted by Crippen LogP contribution is -2.42. The van der Waals surface area contributed by atoms with Crippen LogP contribution in [0.1, 0.15) is 36.8 Å². The number of rotatable bonds is 11.